The second-order valence-electron chi connectivity index (χ2n) is 1.41. The molecule has 0 saturated carbocycles. The highest BCUT2D eigenvalue weighted by molar-refractivity contribution is 7.05. The van der Waals surface area contributed by atoms with Gasteiger partial charge in [0.15, 0.2) is 0 Å². The van der Waals surface area contributed by atoms with Crippen LogP contribution in [0, 0.1) is 0 Å². The minimum Gasteiger partial charge on any atom is -0.142 e. The minimum atomic E-state index is 0.401. The summed E-state index contributed by atoms with van der Waals surface area (Å²) in [5.41, 5.74) is 0.802. The summed E-state index contributed by atoms with van der Waals surface area (Å²) in [5, 5.41) is 3.76. The van der Waals surface area contributed by atoms with Crippen molar-refractivity contribution in [3.05, 3.63) is 10.6 Å². The van der Waals surface area contributed by atoms with E-state index in [1.165, 1.54) is 11.5 Å². The van der Waals surface area contributed by atoms with Crippen LogP contribution in [0.5, 0.6) is 0 Å². The summed E-state index contributed by atoms with van der Waals surface area (Å²) in [6.45, 7) is 0. The van der Waals surface area contributed by atoms with Crippen molar-refractivity contribution in [2.75, 3.05) is 0 Å². The predicted molar refractivity (Wildman–Crippen MR) is 39.0 cm³/mol. The van der Waals surface area contributed by atoms with Gasteiger partial charge in [0.2, 0.25) is 0 Å². The first-order valence-corrected chi connectivity index (χ1v) is 4.14. The van der Waals surface area contributed by atoms with Gasteiger partial charge >= 0.3 is 0 Å². The Morgan fingerprint density at radius 2 is 2.11 bits per heavy atom. The summed E-state index contributed by atoms with van der Waals surface area (Å²) in [4.78, 5) is 0.965. The van der Waals surface area contributed by atoms with Gasteiger partial charge < -0.3 is 0 Å². The van der Waals surface area contributed by atoms with Crippen LogP contribution in [0.25, 0.3) is 0 Å². The normalized spacial score (nSPS) is 10.0. The second-order valence-corrected chi connectivity index (χ2v) is 2.78. The van der Waals surface area contributed by atoms with Crippen LogP contribution in [0.4, 0.5) is 0 Å². The van der Waals surface area contributed by atoms with Crippen molar-refractivity contribution in [3.8, 4) is 0 Å². The number of nitrogens with zero attached hydrogens (tertiary/aromatic N) is 2. The van der Waals surface area contributed by atoms with Crippen molar-refractivity contribution in [3.63, 3.8) is 0 Å². The molecule has 1 rings (SSSR count). The predicted octanol–water partition coefficient (Wildman–Crippen LogP) is 2.02. The second kappa shape index (κ2) is 3.34. The lowest BCUT2D eigenvalue weighted by atomic mass is 10.4. The first-order valence-electron chi connectivity index (χ1n) is 2.30. The highest BCUT2D eigenvalue weighted by Crippen LogP contribution is 2.14. The van der Waals surface area contributed by atoms with Crippen molar-refractivity contribution >= 4 is 34.7 Å². The van der Waals surface area contributed by atoms with Gasteiger partial charge in [-0.1, -0.05) is 4.49 Å². The molecule has 2 nitrogen and oxygen atoms in total. The summed E-state index contributed by atoms with van der Waals surface area (Å²) in [6.07, 6.45) is 0. The van der Waals surface area contributed by atoms with Crippen LogP contribution in [0.3, 0.4) is 0 Å². The molecular formula is C4H4Cl2N2S. The minimum absolute atomic E-state index is 0.401. The van der Waals surface area contributed by atoms with Gasteiger partial charge in [0, 0.05) is 0 Å². The third-order valence-corrected chi connectivity index (χ3v) is 2.32. The Kier molecular flexibility index (Phi) is 2.69. The fraction of sp³-hybridized carbons (Fsp3) is 0.500. The standard InChI is InChI=1S/C4H4Cl2N2S/c5-1-3-4(2-6)9-8-7-3/h1-2H2. The smallest absolute Gasteiger partial charge is 0.0947 e. The number of rotatable bonds is 2. The molecule has 0 radical (unpaired) electrons. The Hall–Kier alpha value is 0.140. The van der Waals surface area contributed by atoms with Crippen LogP contribution in [-0.2, 0) is 11.8 Å². The molecule has 0 aliphatic rings. The number of hydrogen-bond donors (Lipinski definition) is 0. The molecule has 0 aliphatic carbocycles. The Morgan fingerprint density at radius 1 is 1.33 bits per heavy atom. The maximum Gasteiger partial charge on any atom is 0.0947 e. The van der Waals surface area contributed by atoms with Crippen molar-refractivity contribution in [1.29, 1.82) is 0 Å². The summed E-state index contributed by atoms with van der Waals surface area (Å²) in [6, 6.07) is 0. The molecule has 0 aliphatic heterocycles. The Labute approximate surface area is 67.0 Å². The molecule has 0 fully saturated rings. The number of alkyl halides is 2. The number of halogens is 2. The molecule has 1 aromatic heterocycles. The fourth-order valence-corrected chi connectivity index (χ4v) is 1.53. The zero-order valence-corrected chi connectivity index (χ0v) is 6.80. The van der Waals surface area contributed by atoms with E-state index in [9.17, 15) is 0 Å². The van der Waals surface area contributed by atoms with Gasteiger partial charge in [-0.15, -0.1) is 28.3 Å². The van der Waals surface area contributed by atoms with E-state index in [1.807, 2.05) is 0 Å². The van der Waals surface area contributed by atoms with Gasteiger partial charge in [0.25, 0.3) is 0 Å². The zero-order valence-electron chi connectivity index (χ0n) is 4.47. The lowest BCUT2D eigenvalue weighted by Crippen LogP contribution is -1.81. The van der Waals surface area contributed by atoms with Crippen LogP contribution in [0.15, 0.2) is 0 Å². The molecule has 0 atom stereocenters. The third-order valence-electron chi connectivity index (χ3n) is 0.882. The summed E-state index contributed by atoms with van der Waals surface area (Å²) >= 11 is 12.3. The molecule has 0 saturated heterocycles. The molecule has 0 amide bonds. The SMILES string of the molecule is ClCc1nnsc1CCl. The summed E-state index contributed by atoms with van der Waals surface area (Å²) < 4.78 is 3.69. The van der Waals surface area contributed by atoms with E-state index in [4.69, 9.17) is 23.2 Å². The van der Waals surface area contributed by atoms with Crippen molar-refractivity contribution in [2.45, 2.75) is 11.8 Å². The van der Waals surface area contributed by atoms with E-state index in [0.717, 1.165) is 10.6 Å². The maximum absolute atomic E-state index is 5.52. The maximum atomic E-state index is 5.52. The quantitative estimate of drug-likeness (QED) is 0.655. The first kappa shape index (κ1) is 7.25. The van der Waals surface area contributed by atoms with Gasteiger partial charge in [-0.05, 0) is 11.5 Å². The van der Waals surface area contributed by atoms with Crippen molar-refractivity contribution < 1.29 is 0 Å². The van der Waals surface area contributed by atoms with Crippen LogP contribution in [-0.4, -0.2) is 9.59 Å². The van der Waals surface area contributed by atoms with E-state index in [-0.39, 0.29) is 0 Å². The average Bonchev–Trinajstić information content (AvgIpc) is 2.33. The molecule has 50 valence electrons. The molecule has 0 spiro atoms. The summed E-state index contributed by atoms with van der Waals surface area (Å²) in [5.74, 6) is 0.859. The van der Waals surface area contributed by atoms with Crippen LogP contribution >= 0.6 is 34.7 Å². The fourth-order valence-electron chi connectivity index (χ4n) is 0.430. The average molecular weight is 183 g/mol. The van der Waals surface area contributed by atoms with Gasteiger partial charge in [-0.2, -0.15) is 0 Å². The highest BCUT2D eigenvalue weighted by atomic mass is 35.5. The largest absolute Gasteiger partial charge is 0.142 e. The van der Waals surface area contributed by atoms with E-state index in [1.54, 1.807) is 0 Å². The van der Waals surface area contributed by atoms with E-state index >= 15 is 0 Å². The molecule has 9 heavy (non-hydrogen) atoms. The first-order chi connectivity index (χ1) is 4.38. The van der Waals surface area contributed by atoms with Crippen LogP contribution in [0.2, 0.25) is 0 Å². The van der Waals surface area contributed by atoms with E-state index < -0.39 is 0 Å². The van der Waals surface area contributed by atoms with E-state index in [2.05, 4.69) is 9.59 Å². The topological polar surface area (TPSA) is 25.8 Å². The van der Waals surface area contributed by atoms with E-state index in [0.29, 0.717) is 11.8 Å². The van der Waals surface area contributed by atoms with Crippen LogP contribution in [0.1, 0.15) is 10.6 Å². The van der Waals surface area contributed by atoms with Gasteiger partial charge in [-0.25, -0.2) is 0 Å². The molecule has 0 bridgehead atoms. The molecule has 5 heteroatoms. The van der Waals surface area contributed by atoms with Crippen molar-refractivity contribution in [1.82, 2.24) is 9.59 Å². The Morgan fingerprint density at radius 3 is 2.56 bits per heavy atom. The lowest BCUT2D eigenvalue weighted by molar-refractivity contribution is 1.06. The lowest BCUT2D eigenvalue weighted by Gasteiger charge is -1.86. The number of hydrogen-bond acceptors (Lipinski definition) is 3. The molecule has 0 aromatic carbocycles. The molecule has 0 N–H and O–H groups in total. The molecule has 0 unspecified atom stereocenters. The van der Waals surface area contributed by atoms with Gasteiger partial charge in [0.05, 0.1) is 22.3 Å². The number of aromatic nitrogens is 2. The summed E-state index contributed by atoms with van der Waals surface area (Å²) in [7, 11) is 0. The third kappa shape index (κ3) is 1.53. The molecule has 1 heterocycles. The van der Waals surface area contributed by atoms with Crippen LogP contribution < -0.4 is 0 Å². The van der Waals surface area contributed by atoms with Gasteiger partial charge in [0.1, 0.15) is 0 Å². The van der Waals surface area contributed by atoms with Crippen molar-refractivity contribution in [2.24, 2.45) is 0 Å². The molecule has 1 aromatic rings. The Bertz CT molecular complexity index is 170. The Balaban J connectivity index is 2.85. The highest BCUT2D eigenvalue weighted by Gasteiger charge is 2.03. The molecular weight excluding hydrogens is 179 g/mol. The zero-order chi connectivity index (χ0) is 6.69. The van der Waals surface area contributed by atoms with Gasteiger partial charge in [-0.3, -0.25) is 0 Å². The monoisotopic (exact) mass is 182 g/mol.